The molecule has 4 rings (SSSR count). The van der Waals surface area contributed by atoms with Gasteiger partial charge in [0.15, 0.2) is 11.8 Å². The van der Waals surface area contributed by atoms with Crippen LogP contribution in [0.25, 0.3) is 11.4 Å². The van der Waals surface area contributed by atoms with E-state index in [-0.39, 0.29) is 0 Å². The standard InChI is InChI=1S/C20H29N7/c1-3-21-20(25-17-9-14(2)27(12-17)18-7-8-18)22-11-15-5-4-6-16(10-15)19-23-13-24-26-19/h4-6,10,13-14,17-18H,3,7-9,11-12H2,1-2H3,(H2,21,22,25)(H,23,24,26). The molecular weight excluding hydrogens is 338 g/mol. The van der Waals surface area contributed by atoms with E-state index in [1.165, 1.54) is 25.6 Å². The maximum absolute atomic E-state index is 4.81. The molecule has 7 nitrogen and oxygen atoms in total. The zero-order valence-electron chi connectivity index (χ0n) is 16.2. The van der Waals surface area contributed by atoms with Gasteiger partial charge in [-0.2, -0.15) is 5.10 Å². The van der Waals surface area contributed by atoms with Crippen LogP contribution < -0.4 is 10.6 Å². The maximum atomic E-state index is 4.81. The van der Waals surface area contributed by atoms with Crippen molar-refractivity contribution < 1.29 is 0 Å². The van der Waals surface area contributed by atoms with E-state index >= 15 is 0 Å². The van der Waals surface area contributed by atoms with Crippen molar-refractivity contribution in [3.63, 3.8) is 0 Å². The topological polar surface area (TPSA) is 81.2 Å². The monoisotopic (exact) mass is 367 g/mol. The van der Waals surface area contributed by atoms with Crippen molar-refractivity contribution >= 4 is 5.96 Å². The lowest BCUT2D eigenvalue weighted by Gasteiger charge is -2.20. The number of benzene rings is 1. The van der Waals surface area contributed by atoms with Crippen molar-refractivity contribution in [2.45, 2.75) is 57.8 Å². The number of H-pyrrole nitrogens is 1. The molecule has 3 N–H and O–H groups in total. The number of aromatic amines is 1. The molecule has 2 fully saturated rings. The molecule has 1 saturated heterocycles. The first-order valence-corrected chi connectivity index (χ1v) is 9.98. The average molecular weight is 368 g/mol. The molecule has 2 heterocycles. The maximum Gasteiger partial charge on any atom is 0.191 e. The molecule has 2 aliphatic rings. The molecule has 27 heavy (non-hydrogen) atoms. The van der Waals surface area contributed by atoms with E-state index < -0.39 is 0 Å². The third kappa shape index (κ3) is 4.47. The summed E-state index contributed by atoms with van der Waals surface area (Å²) in [6, 6.07) is 10.2. The molecule has 0 bridgehead atoms. The highest BCUT2D eigenvalue weighted by atomic mass is 15.3. The van der Waals surface area contributed by atoms with Gasteiger partial charge < -0.3 is 10.6 Å². The normalized spacial score (nSPS) is 23.6. The highest BCUT2D eigenvalue weighted by Crippen LogP contribution is 2.33. The van der Waals surface area contributed by atoms with E-state index in [2.05, 4.69) is 56.7 Å². The first kappa shape index (κ1) is 18.0. The van der Waals surface area contributed by atoms with Gasteiger partial charge in [0.2, 0.25) is 0 Å². The van der Waals surface area contributed by atoms with Crippen LogP contribution in [0.4, 0.5) is 0 Å². The van der Waals surface area contributed by atoms with Crippen LogP contribution in [-0.2, 0) is 6.54 Å². The summed E-state index contributed by atoms with van der Waals surface area (Å²) in [6.45, 7) is 7.07. The molecule has 2 aromatic rings. The van der Waals surface area contributed by atoms with Gasteiger partial charge in [-0.3, -0.25) is 10.00 Å². The van der Waals surface area contributed by atoms with E-state index in [9.17, 15) is 0 Å². The fourth-order valence-corrected chi connectivity index (χ4v) is 3.92. The van der Waals surface area contributed by atoms with E-state index in [1.807, 2.05) is 12.1 Å². The van der Waals surface area contributed by atoms with Crippen molar-refractivity contribution in [1.82, 2.24) is 30.7 Å². The van der Waals surface area contributed by atoms with Gasteiger partial charge in [-0.1, -0.05) is 18.2 Å². The van der Waals surface area contributed by atoms with Crippen molar-refractivity contribution in [2.24, 2.45) is 4.99 Å². The van der Waals surface area contributed by atoms with Crippen molar-refractivity contribution in [3.8, 4) is 11.4 Å². The van der Waals surface area contributed by atoms with Crippen molar-refractivity contribution in [1.29, 1.82) is 0 Å². The van der Waals surface area contributed by atoms with Gasteiger partial charge in [-0.05, 0) is 44.7 Å². The lowest BCUT2D eigenvalue weighted by atomic mass is 10.1. The number of aliphatic imine (C=N–C) groups is 1. The molecule has 7 heteroatoms. The molecule has 1 aromatic carbocycles. The average Bonchev–Trinajstić information content (AvgIpc) is 3.22. The largest absolute Gasteiger partial charge is 0.357 e. The van der Waals surface area contributed by atoms with Gasteiger partial charge >= 0.3 is 0 Å². The van der Waals surface area contributed by atoms with E-state index in [0.29, 0.717) is 18.6 Å². The number of hydrogen-bond donors (Lipinski definition) is 3. The number of hydrogen-bond acceptors (Lipinski definition) is 4. The number of aromatic nitrogens is 3. The fraction of sp³-hybridized carbons (Fsp3) is 0.550. The third-order valence-electron chi connectivity index (χ3n) is 5.36. The van der Waals surface area contributed by atoms with Gasteiger partial charge in [0.25, 0.3) is 0 Å². The molecular formula is C20H29N7. The summed E-state index contributed by atoms with van der Waals surface area (Å²) in [6.07, 6.45) is 5.45. The SMILES string of the molecule is CCNC(=NCc1cccc(-c2ncn[nH]2)c1)NC1CC(C)N(C2CC2)C1. The molecule has 2 unspecified atom stereocenters. The smallest absolute Gasteiger partial charge is 0.191 e. The van der Waals surface area contributed by atoms with Gasteiger partial charge in [0.1, 0.15) is 6.33 Å². The summed E-state index contributed by atoms with van der Waals surface area (Å²) in [4.78, 5) is 11.7. The first-order chi connectivity index (χ1) is 13.2. The van der Waals surface area contributed by atoms with Crippen LogP contribution in [0.1, 0.15) is 38.7 Å². The highest BCUT2D eigenvalue weighted by Gasteiger charge is 2.38. The zero-order chi connectivity index (χ0) is 18.6. The second kappa shape index (κ2) is 8.08. The Balaban J connectivity index is 1.40. The summed E-state index contributed by atoms with van der Waals surface area (Å²) in [7, 11) is 0. The lowest BCUT2D eigenvalue weighted by molar-refractivity contribution is 0.256. The molecule has 144 valence electrons. The van der Waals surface area contributed by atoms with Crippen LogP contribution in [0.5, 0.6) is 0 Å². The van der Waals surface area contributed by atoms with Gasteiger partial charge in [0.05, 0.1) is 6.54 Å². The molecule has 2 atom stereocenters. The Labute approximate surface area is 160 Å². The molecule has 1 aromatic heterocycles. The van der Waals surface area contributed by atoms with Crippen molar-refractivity contribution in [3.05, 3.63) is 36.2 Å². The Morgan fingerprint density at radius 1 is 1.37 bits per heavy atom. The van der Waals surface area contributed by atoms with Crippen molar-refractivity contribution in [2.75, 3.05) is 13.1 Å². The molecule has 1 aliphatic heterocycles. The van der Waals surface area contributed by atoms with Crippen LogP contribution in [0.15, 0.2) is 35.6 Å². The quantitative estimate of drug-likeness (QED) is 0.538. The number of nitrogens with one attached hydrogen (secondary N) is 3. The van der Waals surface area contributed by atoms with E-state index in [0.717, 1.165) is 42.0 Å². The summed E-state index contributed by atoms with van der Waals surface area (Å²) in [5.74, 6) is 1.68. The van der Waals surface area contributed by atoms with Crippen LogP contribution >= 0.6 is 0 Å². The highest BCUT2D eigenvalue weighted by molar-refractivity contribution is 5.80. The number of guanidine groups is 1. The zero-order valence-corrected chi connectivity index (χ0v) is 16.2. The number of likely N-dealkylation sites (tertiary alicyclic amines) is 1. The summed E-state index contributed by atoms with van der Waals surface area (Å²) in [5, 5.41) is 13.9. The Morgan fingerprint density at radius 3 is 3.00 bits per heavy atom. The summed E-state index contributed by atoms with van der Waals surface area (Å²) in [5.41, 5.74) is 2.18. The van der Waals surface area contributed by atoms with Crippen LogP contribution in [-0.4, -0.2) is 57.3 Å². The third-order valence-corrected chi connectivity index (χ3v) is 5.36. The molecule has 1 aliphatic carbocycles. The molecule has 0 amide bonds. The van der Waals surface area contributed by atoms with E-state index in [1.54, 1.807) is 0 Å². The Hall–Kier alpha value is -2.41. The molecule has 0 radical (unpaired) electrons. The fourth-order valence-electron chi connectivity index (χ4n) is 3.92. The Kier molecular flexibility index (Phi) is 5.38. The second-order valence-electron chi connectivity index (χ2n) is 7.58. The minimum Gasteiger partial charge on any atom is -0.357 e. The summed E-state index contributed by atoms with van der Waals surface area (Å²) < 4.78 is 0. The van der Waals surface area contributed by atoms with Crippen LogP contribution in [0, 0.1) is 0 Å². The Bertz CT molecular complexity index is 766. The first-order valence-electron chi connectivity index (χ1n) is 9.98. The summed E-state index contributed by atoms with van der Waals surface area (Å²) >= 11 is 0. The minimum atomic E-state index is 0.471. The second-order valence-corrected chi connectivity index (χ2v) is 7.58. The predicted octanol–water partition coefficient (Wildman–Crippen LogP) is 2.15. The molecule has 1 saturated carbocycles. The Morgan fingerprint density at radius 2 is 2.26 bits per heavy atom. The molecule has 0 spiro atoms. The van der Waals surface area contributed by atoms with Crippen LogP contribution in [0.2, 0.25) is 0 Å². The van der Waals surface area contributed by atoms with E-state index in [4.69, 9.17) is 4.99 Å². The minimum absolute atomic E-state index is 0.471. The lowest BCUT2D eigenvalue weighted by Crippen LogP contribution is -2.44. The van der Waals surface area contributed by atoms with Gasteiger partial charge in [-0.25, -0.2) is 9.98 Å². The van der Waals surface area contributed by atoms with Crippen LogP contribution in [0.3, 0.4) is 0 Å². The number of nitrogens with zero attached hydrogens (tertiary/aromatic N) is 4. The van der Waals surface area contributed by atoms with Gasteiger partial charge in [0, 0.05) is 36.8 Å². The number of rotatable bonds is 6. The van der Waals surface area contributed by atoms with Gasteiger partial charge in [-0.15, -0.1) is 0 Å². The predicted molar refractivity (Wildman–Crippen MR) is 107 cm³/mol.